The molecule has 2 aromatic rings. The number of esters is 1. The molecule has 1 aromatic heterocycles. The first-order chi connectivity index (χ1) is 10.1. The van der Waals surface area contributed by atoms with Crippen molar-refractivity contribution >= 4 is 23.4 Å². The molecule has 0 saturated heterocycles. The number of hydrogen-bond donors (Lipinski definition) is 1. The lowest BCUT2D eigenvalue weighted by Gasteiger charge is -2.09. The number of hydrogen-bond acceptors (Lipinski definition) is 5. The van der Waals surface area contributed by atoms with Gasteiger partial charge in [0.05, 0.1) is 25.0 Å². The maximum atomic E-state index is 13.2. The molecule has 2 rings (SSSR count). The lowest BCUT2D eigenvalue weighted by atomic mass is 10.1. The lowest BCUT2D eigenvalue weighted by molar-refractivity contribution is 0.0601. The Bertz CT molecular complexity index is 627. The average Bonchev–Trinajstić information content (AvgIpc) is 2.93. The van der Waals surface area contributed by atoms with Crippen molar-refractivity contribution in [2.45, 2.75) is 12.3 Å². The van der Waals surface area contributed by atoms with E-state index in [0.29, 0.717) is 12.2 Å². The zero-order chi connectivity index (χ0) is 15.2. The van der Waals surface area contributed by atoms with Gasteiger partial charge in [0.1, 0.15) is 17.3 Å². The van der Waals surface area contributed by atoms with Crippen molar-refractivity contribution in [1.82, 2.24) is 0 Å². The molecular formula is C15H16FNO3S. The van der Waals surface area contributed by atoms with E-state index < -0.39 is 11.8 Å². The molecule has 21 heavy (non-hydrogen) atoms. The summed E-state index contributed by atoms with van der Waals surface area (Å²) in [4.78, 5) is 11.6. The van der Waals surface area contributed by atoms with E-state index in [1.807, 2.05) is 18.4 Å². The van der Waals surface area contributed by atoms with Crippen LogP contribution >= 0.6 is 11.8 Å². The van der Waals surface area contributed by atoms with E-state index in [9.17, 15) is 9.18 Å². The van der Waals surface area contributed by atoms with Gasteiger partial charge in [-0.15, -0.1) is 0 Å². The fourth-order valence-electron chi connectivity index (χ4n) is 1.87. The van der Waals surface area contributed by atoms with Crippen LogP contribution in [0.1, 0.15) is 21.9 Å². The van der Waals surface area contributed by atoms with Gasteiger partial charge in [-0.1, -0.05) is 0 Å². The Morgan fingerprint density at radius 1 is 1.33 bits per heavy atom. The summed E-state index contributed by atoms with van der Waals surface area (Å²) in [6.07, 6.45) is 2.00. The predicted octanol–water partition coefficient (Wildman–Crippen LogP) is 3.68. The van der Waals surface area contributed by atoms with Gasteiger partial charge in [-0.05, 0) is 36.6 Å². The molecule has 0 radical (unpaired) electrons. The van der Waals surface area contributed by atoms with Crippen molar-refractivity contribution in [3.63, 3.8) is 0 Å². The average molecular weight is 309 g/mol. The number of anilines is 1. The van der Waals surface area contributed by atoms with E-state index >= 15 is 0 Å². The number of rotatable bonds is 6. The summed E-state index contributed by atoms with van der Waals surface area (Å²) in [5.74, 6) is 1.38. The van der Waals surface area contributed by atoms with E-state index in [1.165, 1.54) is 19.2 Å². The normalized spacial score (nSPS) is 10.4. The van der Waals surface area contributed by atoms with Crippen LogP contribution in [0.25, 0.3) is 0 Å². The van der Waals surface area contributed by atoms with Gasteiger partial charge in [0.15, 0.2) is 0 Å². The number of methoxy groups -OCH3 is 1. The minimum Gasteiger partial charge on any atom is -0.465 e. The van der Waals surface area contributed by atoms with Crippen molar-refractivity contribution in [1.29, 1.82) is 0 Å². The Labute approximate surface area is 126 Å². The molecule has 0 amide bonds. The monoisotopic (exact) mass is 309 g/mol. The minimum atomic E-state index is -0.584. The number of thioether (sulfide) groups is 1. The maximum Gasteiger partial charge on any atom is 0.340 e. The zero-order valence-corrected chi connectivity index (χ0v) is 12.6. The molecule has 0 fully saturated rings. The number of ether oxygens (including phenoxy) is 1. The van der Waals surface area contributed by atoms with Crippen molar-refractivity contribution < 1.29 is 18.3 Å². The van der Waals surface area contributed by atoms with Gasteiger partial charge in [0.2, 0.25) is 0 Å². The summed E-state index contributed by atoms with van der Waals surface area (Å²) >= 11 is 1.68. The highest BCUT2D eigenvalue weighted by Gasteiger charge is 2.13. The van der Waals surface area contributed by atoms with Gasteiger partial charge >= 0.3 is 5.97 Å². The van der Waals surface area contributed by atoms with E-state index in [4.69, 9.17) is 4.42 Å². The van der Waals surface area contributed by atoms with Crippen LogP contribution < -0.4 is 5.32 Å². The molecule has 1 N–H and O–H groups in total. The lowest BCUT2D eigenvalue weighted by Crippen LogP contribution is -2.08. The highest BCUT2D eigenvalue weighted by atomic mass is 32.2. The second-order valence-electron chi connectivity index (χ2n) is 4.34. The second-order valence-corrected chi connectivity index (χ2v) is 5.20. The largest absolute Gasteiger partial charge is 0.465 e. The van der Waals surface area contributed by atoms with Crippen LogP contribution in [0, 0.1) is 5.82 Å². The molecule has 0 aliphatic carbocycles. The third-order valence-corrected chi connectivity index (χ3v) is 3.42. The van der Waals surface area contributed by atoms with E-state index in [2.05, 4.69) is 10.1 Å². The Morgan fingerprint density at radius 3 is 2.81 bits per heavy atom. The fraction of sp³-hybridized carbons (Fsp3) is 0.267. The van der Waals surface area contributed by atoms with Crippen LogP contribution in [-0.2, 0) is 17.0 Å². The summed E-state index contributed by atoms with van der Waals surface area (Å²) in [5.41, 5.74) is 0.666. The van der Waals surface area contributed by atoms with Crippen molar-refractivity contribution in [3.8, 4) is 0 Å². The molecule has 0 atom stereocenters. The van der Waals surface area contributed by atoms with Crippen LogP contribution in [0.3, 0.4) is 0 Å². The number of benzene rings is 1. The van der Waals surface area contributed by atoms with Crippen molar-refractivity contribution in [2.75, 3.05) is 18.7 Å². The molecule has 0 saturated carbocycles. The number of nitrogens with one attached hydrogen (secondary N) is 1. The third-order valence-electron chi connectivity index (χ3n) is 2.84. The first kappa shape index (κ1) is 15.4. The SMILES string of the molecule is COC(=O)c1cc(F)ccc1NCc1ccc(CSC)o1. The summed E-state index contributed by atoms with van der Waals surface area (Å²) in [5, 5.41) is 3.06. The van der Waals surface area contributed by atoms with Gasteiger partial charge < -0.3 is 14.5 Å². The minimum absolute atomic E-state index is 0.161. The number of furan rings is 1. The van der Waals surface area contributed by atoms with E-state index in [-0.39, 0.29) is 5.56 Å². The fourth-order valence-corrected chi connectivity index (χ4v) is 2.31. The van der Waals surface area contributed by atoms with Crippen LogP contribution in [0.4, 0.5) is 10.1 Å². The van der Waals surface area contributed by atoms with Crippen LogP contribution in [0.5, 0.6) is 0 Å². The molecule has 0 unspecified atom stereocenters. The standard InChI is InChI=1S/C15H16FNO3S/c1-19-15(18)13-7-10(16)3-6-14(13)17-8-11-4-5-12(20-11)9-21-2/h3-7,17H,8-9H2,1-2H3. The first-order valence-electron chi connectivity index (χ1n) is 6.32. The molecule has 1 aromatic carbocycles. The molecule has 0 aliphatic heterocycles. The Hall–Kier alpha value is -1.95. The topological polar surface area (TPSA) is 51.5 Å². The Balaban J connectivity index is 2.10. The van der Waals surface area contributed by atoms with Gasteiger partial charge in [-0.2, -0.15) is 11.8 Å². The Kier molecular flexibility index (Phi) is 5.27. The van der Waals surface area contributed by atoms with Gasteiger partial charge in [0.25, 0.3) is 0 Å². The van der Waals surface area contributed by atoms with Gasteiger partial charge in [0, 0.05) is 5.69 Å². The smallest absolute Gasteiger partial charge is 0.340 e. The summed E-state index contributed by atoms with van der Waals surface area (Å²) in [7, 11) is 1.26. The summed E-state index contributed by atoms with van der Waals surface area (Å²) < 4.78 is 23.5. The third kappa shape index (κ3) is 4.01. The molecule has 4 nitrogen and oxygen atoms in total. The first-order valence-corrected chi connectivity index (χ1v) is 7.71. The summed E-state index contributed by atoms with van der Waals surface area (Å²) in [6.45, 7) is 0.407. The molecule has 0 bridgehead atoms. The van der Waals surface area contributed by atoms with E-state index in [1.54, 1.807) is 11.8 Å². The number of carbonyl (C=O) groups excluding carboxylic acids is 1. The van der Waals surface area contributed by atoms with Crippen LogP contribution in [0.2, 0.25) is 0 Å². The predicted molar refractivity (Wildman–Crippen MR) is 81.0 cm³/mol. The Morgan fingerprint density at radius 2 is 2.10 bits per heavy atom. The highest BCUT2D eigenvalue weighted by molar-refractivity contribution is 7.97. The number of halogens is 1. The van der Waals surface area contributed by atoms with Crippen LogP contribution in [0.15, 0.2) is 34.7 Å². The molecule has 0 aliphatic rings. The number of carbonyl (C=O) groups is 1. The van der Waals surface area contributed by atoms with Crippen molar-refractivity contribution in [3.05, 3.63) is 53.2 Å². The summed E-state index contributed by atoms with van der Waals surface area (Å²) in [6, 6.07) is 7.73. The van der Waals surface area contributed by atoms with Crippen LogP contribution in [-0.4, -0.2) is 19.3 Å². The van der Waals surface area contributed by atoms with Gasteiger partial charge in [-0.25, -0.2) is 9.18 Å². The quantitative estimate of drug-likeness (QED) is 0.825. The maximum absolute atomic E-state index is 13.2. The molecule has 112 valence electrons. The van der Waals surface area contributed by atoms with Gasteiger partial charge in [-0.3, -0.25) is 0 Å². The highest BCUT2D eigenvalue weighted by Crippen LogP contribution is 2.20. The van der Waals surface area contributed by atoms with Crippen molar-refractivity contribution in [2.24, 2.45) is 0 Å². The van der Waals surface area contributed by atoms with E-state index in [0.717, 1.165) is 23.3 Å². The zero-order valence-electron chi connectivity index (χ0n) is 11.8. The molecule has 0 spiro atoms. The second kappa shape index (κ2) is 7.17. The molecule has 1 heterocycles. The molecular weight excluding hydrogens is 293 g/mol. The molecule has 6 heteroatoms.